The highest BCUT2D eigenvalue weighted by atomic mass is 127. The summed E-state index contributed by atoms with van der Waals surface area (Å²) in [7, 11) is 0. The van der Waals surface area contributed by atoms with Crippen LogP contribution in [0, 0.1) is 5.92 Å². The summed E-state index contributed by atoms with van der Waals surface area (Å²) in [6, 6.07) is 0. The number of carbonyl (C=O) groups is 1. The predicted molar refractivity (Wildman–Crippen MR) is 137 cm³/mol. The quantitative estimate of drug-likeness (QED) is 0.222. The number of nitrogens with one attached hydrogen (secondary N) is 2. The van der Waals surface area contributed by atoms with Crippen LogP contribution in [0.4, 0.5) is 4.79 Å². The third-order valence-electron chi connectivity index (χ3n) is 4.79. The average molecular weight is 540 g/mol. The molecule has 1 amide bonds. The molecule has 1 saturated heterocycles. The normalized spacial score (nSPS) is 16.1. The predicted octanol–water partition coefficient (Wildman–Crippen LogP) is 3.93. The molecular weight excluding hydrogens is 493 g/mol. The van der Waals surface area contributed by atoms with Crippen molar-refractivity contribution in [2.75, 3.05) is 45.8 Å². The Morgan fingerprint density at radius 2 is 1.73 bits per heavy atom. The van der Waals surface area contributed by atoms with E-state index in [9.17, 15) is 4.79 Å². The van der Waals surface area contributed by atoms with E-state index in [1.54, 1.807) is 0 Å². The zero-order valence-electron chi connectivity index (χ0n) is 20.5. The number of nitrogens with zero attached hydrogens (tertiary/aromatic N) is 3. The largest absolute Gasteiger partial charge is 0.444 e. The van der Waals surface area contributed by atoms with Crippen molar-refractivity contribution < 1.29 is 9.53 Å². The van der Waals surface area contributed by atoms with Gasteiger partial charge in [0.2, 0.25) is 0 Å². The summed E-state index contributed by atoms with van der Waals surface area (Å²) < 4.78 is 5.54. The number of ether oxygens (including phenoxy) is 1. The monoisotopic (exact) mass is 539 g/mol. The summed E-state index contributed by atoms with van der Waals surface area (Å²) in [4.78, 5) is 21.4. The zero-order valence-corrected chi connectivity index (χ0v) is 22.8. The second-order valence-electron chi connectivity index (χ2n) is 9.86. The van der Waals surface area contributed by atoms with Gasteiger partial charge >= 0.3 is 6.09 Å². The number of guanidine groups is 1. The van der Waals surface area contributed by atoms with Crippen LogP contribution in [0.2, 0.25) is 0 Å². The lowest BCUT2D eigenvalue weighted by Gasteiger charge is -2.36. The van der Waals surface area contributed by atoms with Gasteiger partial charge < -0.3 is 25.2 Å². The van der Waals surface area contributed by atoms with Gasteiger partial charge in [-0.3, -0.25) is 4.99 Å². The Hall–Kier alpha value is -0.770. The van der Waals surface area contributed by atoms with Crippen molar-refractivity contribution in [1.29, 1.82) is 0 Å². The van der Waals surface area contributed by atoms with Crippen molar-refractivity contribution in [3.8, 4) is 0 Å². The lowest BCUT2D eigenvalue weighted by molar-refractivity contribution is 0.0214. The molecule has 1 aliphatic heterocycles. The maximum atomic E-state index is 12.4. The fraction of sp³-hybridized carbons (Fsp3) is 0.909. The minimum atomic E-state index is -0.451. The lowest BCUT2D eigenvalue weighted by atomic mass is 9.96. The summed E-state index contributed by atoms with van der Waals surface area (Å²) in [5.41, 5.74) is -0.335. The molecule has 0 aromatic carbocycles. The van der Waals surface area contributed by atoms with Gasteiger partial charge in [-0.25, -0.2) is 4.79 Å². The van der Waals surface area contributed by atoms with Gasteiger partial charge in [-0.1, -0.05) is 0 Å². The first-order valence-corrected chi connectivity index (χ1v) is 11.2. The molecule has 0 spiro atoms. The molecule has 0 atom stereocenters. The van der Waals surface area contributed by atoms with Crippen LogP contribution in [0.25, 0.3) is 0 Å². The number of hydrogen-bond donors (Lipinski definition) is 2. The van der Waals surface area contributed by atoms with Crippen molar-refractivity contribution in [2.24, 2.45) is 10.9 Å². The molecule has 1 aliphatic rings. The summed E-state index contributed by atoms with van der Waals surface area (Å²) in [5.74, 6) is 1.50. The van der Waals surface area contributed by atoms with Crippen LogP contribution >= 0.6 is 24.0 Å². The van der Waals surface area contributed by atoms with E-state index in [-0.39, 0.29) is 35.6 Å². The first-order valence-electron chi connectivity index (χ1n) is 11.2. The molecule has 1 fully saturated rings. The first-order chi connectivity index (χ1) is 13.4. The Kier molecular flexibility index (Phi) is 13.3. The highest BCUT2D eigenvalue weighted by molar-refractivity contribution is 14.0. The molecule has 1 rings (SSSR count). The molecule has 7 nitrogen and oxygen atoms in total. The van der Waals surface area contributed by atoms with Crippen LogP contribution in [0.5, 0.6) is 0 Å². The molecule has 0 aliphatic carbocycles. The number of aliphatic imine (C=N–C) groups is 1. The van der Waals surface area contributed by atoms with Gasteiger partial charge in [0.1, 0.15) is 5.60 Å². The van der Waals surface area contributed by atoms with Crippen LogP contribution in [-0.4, -0.2) is 78.8 Å². The second-order valence-corrected chi connectivity index (χ2v) is 9.86. The van der Waals surface area contributed by atoms with E-state index < -0.39 is 5.60 Å². The molecule has 0 unspecified atom stereocenters. The Morgan fingerprint density at radius 3 is 2.20 bits per heavy atom. The van der Waals surface area contributed by atoms with E-state index in [0.717, 1.165) is 58.1 Å². The van der Waals surface area contributed by atoms with Crippen molar-refractivity contribution >= 4 is 36.0 Å². The molecule has 0 saturated carbocycles. The molecule has 0 aromatic heterocycles. The highest BCUT2D eigenvalue weighted by Gasteiger charge is 2.27. The number of carbonyl (C=O) groups excluding carboxylic acids is 1. The van der Waals surface area contributed by atoms with Gasteiger partial charge in [0.15, 0.2) is 5.96 Å². The number of halogens is 1. The maximum absolute atomic E-state index is 12.4. The summed E-state index contributed by atoms with van der Waals surface area (Å²) in [6.45, 7) is 22.3. The van der Waals surface area contributed by atoms with E-state index in [4.69, 9.17) is 9.73 Å². The van der Waals surface area contributed by atoms with E-state index in [0.29, 0.717) is 12.5 Å². The Balaban J connectivity index is 0.00000841. The first kappa shape index (κ1) is 29.2. The minimum Gasteiger partial charge on any atom is -0.444 e. The van der Waals surface area contributed by atoms with Crippen molar-refractivity contribution in [1.82, 2.24) is 20.4 Å². The van der Waals surface area contributed by atoms with Crippen molar-refractivity contribution in [2.45, 2.75) is 79.4 Å². The minimum absolute atomic E-state index is 0. The number of piperidine rings is 1. The topological polar surface area (TPSA) is 69.2 Å². The molecular formula is C22H46IN5O2. The average Bonchev–Trinajstić information content (AvgIpc) is 2.60. The van der Waals surface area contributed by atoms with Crippen molar-refractivity contribution in [3.63, 3.8) is 0 Å². The molecule has 30 heavy (non-hydrogen) atoms. The number of rotatable bonds is 7. The fourth-order valence-electron chi connectivity index (χ4n) is 3.32. The highest BCUT2D eigenvalue weighted by Crippen LogP contribution is 2.20. The molecule has 1 heterocycles. The molecule has 8 heteroatoms. The van der Waals surface area contributed by atoms with E-state index >= 15 is 0 Å². The summed E-state index contributed by atoms with van der Waals surface area (Å²) in [6.07, 6.45) is 1.91. The third-order valence-corrected chi connectivity index (χ3v) is 4.79. The second kappa shape index (κ2) is 13.6. The van der Waals surface area contributed by atoms with Crippen LogP contribution in [0.3, 0.4) is 0 Å². The zero-order chi connectivity index (χ0) is 22.1. The van der Waals surface area contributed by atoms with Gasteiger partial charge in [-0.15, -0.1) is 24.0 Å². The van der Waals surface area contributed by atoms with Gasteiger partial charge in [0, 0.05) is 44.8 Å². The summed E-state index contributed by atoms with van der Waals surface area (Å²) in [5, 5.41) is 6.91. The van der Waals surface area contributed by atoms with Gasteiger partial charge in [-0.05, 0) is 74.1 Å². The van der Waals surface area contributed by atoms with Gasteiger partial charge in [0.05, 0.1) is 6.54 Å². The standard InChI is InChI=1S/C22H45N5O2.HI/c1-9-23-19(24-13-14-25-21(3,4)5)27-15-11-18(12-16-27)17-26(10-2)20(28)29-22(6,7)8;/h18,25H,9-17H2,1-8H3,(H,23,24);1H. The molecule has 0 bridgehead atoms. The number of hydrogen-bond acceptors (Lipinski definition) is 4. The van der Waals surface area contributed by atoms with Crippen LogP contribution in [0.15, 0.2) is 4.99 Å². The molecule has 178 valence electrons. The van der Waals surface area contributed by atoms with E-state index in [1.807, 2.05) is 32.6 Å². The Labute approximate surface area is 201 Å². The van der Waals surface area contributed by atoms with Gasteiger partial charge in [-0.2, -0.15) is 0 Å². The molecule has 0 radical (unpaired) electrons. The number of likely N-dealkylation sites (tertiary alicyclic amines) is 1. The molecule has 0 aromatic rings. The maximum Gasteiger partial charge on any atom is 0.410 e. The summed E-state index contributed by atoms with van der Waals surface area (Å²) >= 11 is 0. The third kappa shape index (κ3) is 12.2. The Bertz CT molecular complexity index is 521. The van der Waals surface area contributed by atoms with E-state index in [1.165, 1.54) is 0 Å². The van der Waals surface area contributed by atoms with Crippen LogP contribution < -0.4 is 10.6 Å². The lowest BCUT2D eigenvalue weighted by Crippen LogP contribution is -2.48. The van der Waals surface area contributed by atoms with Gasteiger partial charge in [0.25, 0.3) is 0 Å². The number of amides is 1. The van der Waals surface area contributed by atoms with E-state index in [2.05, 4.69) is 43.2 Å². The van der Waals surface area contributed by atoms with Crippen molar-refractivity contribution in [3.05, 3.63) is 0 Å². The fourth-order valence-corrected chi connectivity index (χ4v) is 3.32. The van der Waals surface area contributed by atoms with Crippen LogP contribution in [0.1, 0.15) is 68.2 Å². The van der Waals surface area contributed by atoms with Crippen LogP contribution in [-0.2, 0) is 4.74 Å². The molecule has 2 N–H and O–H groups in total. The smallest absolute Gasteiger partial charge is 0.410 e. The SMILES string of the molecule is CCNC(=NCCNC(C)(C)C)N1CCC(CN(CC)C(=O)OC(C)(C)C)CC1.I. The Morgan fingerprint density at radius 1 is 1.13 bits per heavy atom.